The molecule has 1 atom stereocenters. The molecule has 0 aliphatic carbocycles. The van der Waals surface area contributed by atoms with Crippen LogP contribution in [0.4, 0.5) is 5.13 Å². The summed E-state index contributed by atoms with van der Waals surface area (Å²) in [5.74, 6) is 1.40. The predicted molar refractivity (Wildman–Crippen MR) is 107 cm³/mol. The average Bonchev–Trinajstić information content (AvgIpc) is 3.26. The lowest BCUT2D eigenvalue weighted by Crippen LogP contribution is -2.23. The second-order valence-corrected chi connectivity index (χ2v) is 7.95. The smallest absolute Gasteiger partial charge is 0.239 e. The number of amides is 1. The van der Waals surface area contributed by atoms with Gasteiger partial charge in [0, 0.05) is 11.9 Å². The third kappa shape index (κ3) is 5.08. The van der Waals surface area contributed by atoms with Crippen LogP contribution in [0.2, 0.25) is 0 Å². The van der Waals surface area contributed by atoms with E-state index in [9.17, 15) is 4.79 Å². The summed E-state index contributed by atoms with van der Waals surface area (Å²) in [6.07, 6.45) is 0. The third-order valence-corrected chi connectivity index (χ3v) is 5.68. The summed E-state index contributed by atoms with van der Waals surface area (Å²) >= 11 is 2.79. The van der Waals surface area contributed by atoms with E-state index >= 15 is 0 Å². The number of aromatic nitrogens is 4. The zero-order chi connectivity index (χ0) is 19.2. The summed E-state index contributed by atoms with van der Waals surface area (Å²) in [7, 11) is 0. The van der Waals surface area contributed by atoms with Crippen molar-refractivity contribution in [1.29, 1.82) is 0 Å². The van der Waals surface area contributed by atoms with Crippen molar-refractivity contribution in [3.63, 3.8) is 0 Å². The maximum atomic E-state index is 12.4. The molecule has 0 saturated heterocycles. The Morgan fingerprint density at radius 2 is 2.11 bits per heavy atom. The van der Waals surface area contributed by atoms with Gasteiger partial charge in [-0.1, -0.05) is 30.0 Å². The van der Waals surface area contributed by atoms with Crippen molar-refractivity contribution in [1.82, 2.24) is 19.7 Å². The Bertz CT molecular complexity index is 894. The zero-order valence-electron chi connectivity index (χ0n) is 15.4. The Balaban J connectivity index is 1.62. The lowest BCUT2D eigenvalue weighted by molar-refractivity contribution is -0.115. The minimum atomic E-state index is -0.327. The van der Waals surface area contributed by atoms with Gasteiger partial charge in [0.1, 0.15) is 12.4 Å². The number of anilines is 1. The number of nitrogens with zero attached hydrogens (tertiary/aromatic N) is 4. The SMILES string of the molecule is CCn1c(COc2ccccc2)nnc1SC(C)C(=O)Nc1nc(C)cs1. The Morgan fingerprint density at radius 1 is 1.33 bits per heavy atom. The molecule has 0 spiro atoms. The van der Waals surface area contributed by atoms with Crippen molar-refractivity contribution in [2.24, 2.45) is 0 Å². The molecule has 1 N–H and O–H groups in total. The molecule has 0 aliphatic rings. The van der Waals surface area contributed by atoms with E-state index in [1.165, 1.54) is 23.1 Å². The molecule has 27 heavy (non-hydrogen) atoms. The van der Waals surface area contributed by atoms with Crippen molar-refractivity contribution in [3.05, 3.63) is 47.2 Å². The van der Waals surface area contributed by atoms with E-state index in [0.29, 0.717) is 23.4 Å². The number of thioether (sulfide) groups is 1. The second-order valence-electron chi connectivity index (χ2n) is 5.79. The minimum absolute atomic E-state index is 0.109. The molecule has 0 saturated carbocycles. The van der Waals surface area contributed by atoms with Gasteiger partial charge < -0.3 is 14.6 Å². The van der Waals surface area contributed by atoms with Crippen molar-refractivity contribution >= 4 is 34.1 Å². The maximum absolute atomic E-state index is 12.4. The summed E-state index contributed by atoms with van der Waals surface area (Å²) in [5, 5.41) is 14.2. The fourth-order valence-electron chi connectivity index (χ4n) is 2.33. The van der Waals surface area contributed by atoms with E-state index in [2.05, 4.69) is 20.5 Å². The van der Waals surface area contributed by atoms with Gasteiger partial charge in [-0.2, -0.15) is 0 Å². The molecule has 2 heterocycles. The highest BCUT2D eigenvalue weighted by molar-refractivity contribution is 8.00. The number of hydrogen-bond donors (Lipinski definition) is 1. The number of benzene rings is 1. The standard InChI is InChI=1S/C18H21N5O2S2/c1-4-23-15(10-25-14-8-6-5-7-9-14)21-22-18(23)27-13(3)16(24)20-17-19-12(2)11-26-17/h5-9,11,13H,4,10H2,1-3H3,(H,19,20,24). The number of ether oxygens (including phenoxy) is 1. The number of nitrogens with one attached hydrogen (secondary N) is 1. The van der Waals surface area contributed by atoms with Gasteiger partial charge in [-0.05, 0) is 32.9 Å². The first-order chi connectivity index (χ1) is 13.1. The van der Waals surface area contributed by atoms with Crippen LogP contribution in [0, 0.1) is 6.92 Å². The number of rotatable bonds is 8. The molecule has 9 heteroatoms. The topological polar surface area (TPSA) is 81.9 Å². The van der Waals surface area contributed by atoms with Gasteiger partial charge in [-0.3, -0.25) is 4.79 Å². The maximum Gasteiger partial charge on any atom is 0.239 e. The monoisotopic (exact) mass is 403 g/mol. The number of aryl methyl sites for hydroxylation is 1. The molecule has 1 unspecified atom stereocenters. The molecular formula is C18H21N5O2S2. The molecule has 3 aromatic rings. The first-order valence-corrected chi connectivity index (χ1v) is 10.3. The Morgan fingerprint density at radius 3 is 2.78 bits per heavy atom. The molecule has 0 bridgehead atoms. The van der Waals surface area contributed by atoms with Crippen LogP contribution in [0.3, 0.4) is 0 Å². The summed E-state index contributed by atoms with van der Waals surface area (Å²) < 4.78 is 7.73. The molecule has 0 fully saturated rings. The van der Waals surface area contributed by atoms with Crippen molar-refractivity contribution < 1.29 is 9.53 Å². The Hall–Kier alpha value is -2.39. The molecular weight excluding hydrogens is 382 g/mol. The van der Waals surface area contributed by atoms with Crippen LogP contribution in [0.1, 0.15) is 25.4 Å². The number of hydrogen-bond acceptors (Lipinski definition) is 7. The fraction of sp³-hybridized carbons (Fsp3) is 0.333. The molecule has 7 nitrogen and oxygen atoms in total. The van der Waals surface area contributed by atoms with E-state index in [1.54, 1.807) is 0 Å². The van der Waals surface area contributed by atoms with Crippen molar-refractivity contribution in [3.8, 4) is 5.75 Å². The Kier molecular flexibility index (Phi) is 6.46. The first-order valence-electron chi connectivity index (χ1n) is 8.56. The van der Waals surface area contributed by atoms with Crippen LogP contribution in [-0.2, 0) is 17.9 Å². The van der Waals surface area contributed by atoms with Gasteiger partial charge in [0.2, 0.25) is 5.91 Å². The van der Waals surface area contributed by atoms with Crippen LogP contribution >= 0.6 is 23.1 Å². The Labute approximate surface area is 166 Å². The minimum Gasteiger partial charge on any atom is -0.486 e. The van der Waals surface area contributed by atoms with E-state index < -0.39 is 0 Å². The summed E-state index contributed by atoms with van der Waals surface area (Å²) in [4.78, 5) is 16.7. The van der Waals surface area contributed by atoms with Crippen LogP contribution in [0.15, 0.2) is 40.9 Å². The highest BCUT2D eigenvalue weighted by Gasteiger charge is 2.20. The molecule has 3 rings (SSSR count). The van der Waals surface area contributed by atoms with Gasteiger partial charge in [0.15, 0.2) is 16.1 Å². The normalized spacial score (nSPS) is 12.0. The van der Waals surface area contributed by atoms with E-state index in [0.717, 1.165) is 17.3 Å². The van der Waals surface area contributed by atoms with Gasteiger partial charge in [0.05, 0.1) is 10.9 Å². The molecule has 1 amide bonds. The summed E-state index contributed by atoms with van der Waals surface area (Å²) in [6, 6.07) is 9.58. The van der Waals surface area contributed by atoms with Gasteiger partial charge >= 0.3 is 0 Å². The van der Waals surface area contributed by atoms with Crippen LogP contribution in [0.25, 0.3) is 0 Å². The lowest BCUT2D eigenvalue weighted by atomic mass is 10.3. The van der Waals surface area contributed by atoms with E-state index in [-0.39, 0.29) is 11.2 Å². The zero-order valence-corrected chi connectivity index (χ0v) is 17.0. The third-order valence-electron chi connectivity index (χ3n) is 3.72. The molecule has 2 aromatic heterocycles. The fourth-order valence-corrected chi connectivity index (χ4v) is 3.95. The summed E-state index contributed by atoms with van der Waals surface area (Å²) in [6.45, 7) is 6.78. The number of carbonyl (C=O) groups is 1. The van der Waals surface area contributed by atoms with Crippen molar-refractivity contribution in [2.75, 3.05) is 5.32 Å². The molecule has 0 aliphatic heterocycles. The van der Waals surface area contributed by atoms with E-state index in [4.69, 9.17) is 4.74 Å². The summed E-state index contributed by atoms with van der Waals surface area (Å²) in [5.41, 5.74) is 0.893. The quantitative estimate of drug-likeness (QED) is 0.577. The number of thiazole rings is 1. The number of para-hydroxylation sites is 1. The van der Waals surface area contributed by atoms with Crippen molar-refractivity contribution in [2.45, 2.75) is 44.3 Å². The average molecular weight is 404 g/mol. The van der Waals surface area contributed by atoms with Crippen LogP contribution in [0.5, 0.6) is 5.75 Å². The molecule has 1 aromatic carbocycles. The second kappa shape index (κ2) is 9.01. The highest BCUT2D eigenvalue weighted by Crippen LogP contribution is 2.24. The van der Waals surface area contributed by atoms with Crippen LogP contribution < -0.4 is 10.1 Å². The predicted octanol–water partition coefficient (Wildman–Crippen LogP) is 3.76. The van der Waals surface area contributed by atoms with Gasteiger partial charge in [0.25, 0.3) is 0 Å². The van der Waals surface area contributed by atoms with Gasteiger partial charge in [-0.25, -0.2) is 4.98 Å². The van der Waals surface area contributed by atoms with E-state index in [1.807, 2.05) is 61.1 Å². The lowest BCUT2D eigenvalue weighted by Gasteiger charge is -2.12. The number of carbonyl (C=O) groups excluding carboxylic acids is 1. The largest absolute Gasteiger partial charge is 0.486 e. The molecule has 142 valence electrons. The first kappa shape index (κ1) is 19.4. The molecule has 0 radical (unpaired) electrons. The highest BCUT2D eigenvalue weighted by atomic mass is 32.2. The van der Waals surface area contributed by atoms with Gasteiger partial charge in [-0.15, -0.1) is 21.5 Å². The van der Waals surface area contributed by atoms with Crippen LogP contribution in [-0.4, -0.2) is 30.9 Å².